The van der Waals surface area contributed by atoms with Crippen molar-refractivity contribution in [1.82, 2.24) is 4.31 Å². The Balaban J connectivity index is 1.76. The summed E-state index contributed by atoms with van der Waals surface area (Å²) in [6.07, 6.45) is 0.106. The number of aliphatic hydroxyl groups is 2. The van der Waals surface area contributed by atoms with Crippen LogP contribution in [-0.4, -0.2) is 59.9 Å². The Kier molecular flexibility index (Phi) is 4.51. The molecule has 0 aromatic heterocycles. The Morgan fingerprint density at radius 3 is 2.33 bits per heavy atom. The molecular weight excluding hydrogens is 330 g/mol. The molecule has 1 aromatic carbocycles. The third-order valence-electron chi connectivity index (χ3n) is 5.31. The van der Waals surface area contributed by atoms with E-state index in [-0.39, 0.29) is 18.0 Å². The van der Waals surface area contributed by atoms with Gasteiger partial charge in [-0.05, 0) is 38.8 Å². The van der Waals surface area contributed by atoms with Crippen molar-refractivity contribution >= 4 is 10.0 Å². The Morgan fingerprint density at radius 2 is 1.75 bits per heavy atom. The maximum Gasteiger partial charge on any atom is 0.243 e. The lowest BCUT2D eigenvalue weighted by molar-refractivity contribution is -0.243. The third kappa shape index (κ3) is 2.99. The first-order valence-electron chi connectivity index (χ1n) is 8.29. The van der Waals surface area contributed by atoms with E-state index in [1.54, 1.807) is 31.2 Å². The predicted molar refractivity (Wildman–Crippen MR) is 89.1 cm³/mol. The Morgan fingerprint density at radius 1 is 1.17 bits per heavy atom. The average Bonchev–Trinajstić information content (AvgIpc) is 2.53. The largest absolute Gasteiger partial charge is 0.387 e. The first kappa shape index (κ1) is 17.8. The van der Waals surface area contributed by atoms with E-state index in [9.17, 15) is 18.6 Å². The van der Waals surface area contributed by atoms with Crippen LogP contribution in [0.5, 0.6) is 0 Å². The quantitative estimate of drug-likeness (QED) is 0.828. The molecule has 2 aliphatic rings. The van der Waals surface area contributed by atoms with E-state index in [4.69, 9.17) is 4.74 Å². The van der Waals surface area contributed by atoms with E-state index in [0.717, 1.165) is 5.56 Å². The molecule has 2 saturated heterocycles. The van der Waals surface area contributed by atoms with Crippen molar-refractivity contribution in [2.45, 2.75) is 55.3 Å². The standard InChI is InChI=1S/C17H25NO5S/c1-13-3-5-14(6-4-13)24(21,22)18-10-7-17(8-11-18)15(19)16(2,20)9-12-23-17/h3-6,15,19-20H,7-12H2,1-2H3/t15?,16-/m1/s1. The second kappa shape index (κ2) is 6.07. The number of aryl methyl sites for hydroxylation is 1. The monoisotopic (exact) mass is 355 g/mol. The molecule has 0 saturated carbocycles. The molecule has 0 aliphatic carbocycles. The molecule has 2 heterocycles. The van der Waals surface area contributed by atoms with Gasteiger partial charge in [0.05, 0.1) is 22.7 Å². The lowest BCUT2D eigenvalue weighted by Crippen LogP contribution is -2.64. The Hall–Kier alpha value is -0.990. The number of nitrogens with zero attached hydrogens (tertiary/aromatic N) is 1. The van der Waals surface area contributed by atoms with Crippen molar-refractivity contribution in [1.29, 1.82) is 0 Å². The van der Waals surface area contributed by atoms with E-state index < -0.39 is 27.3 Å². The number of benzene rings is 1. The fourth-order valence-corrected chi connectivity index (χ4v) is 5.07. The minimum absolute atomic E-state index is 0.267. The molecule has 7 heteroatoms. The van der Waals surface area contributed by atoms with E-state index in [1.165, 1.54) is 4.31 Å². The van der Waals surface area contributed by atoms with Crippen LogP contribution in [0.15, 0.2) is 29.2 Å². The fraction of sp³-hybridized carbons (Fsp3) is 0.647. The first-order chi connectivity index (χ1) is 11.2. The second-order valence-electron chi connectivity index (χ2n) is 7.14. The molecule has 6 nitrogen and oxygen atoms in total. The van der Waals surface area contributed by atoms with Crippen molar-refractivity contribution in [2.24, 2.45) is 0 Å². The number of hydrogen-bond acceptors (Lipinski definition) is 5. The molecule has 2 atom stereocenters. The molecule has 3 rings (SSSR count). The number of hydrogen-bond donors (Lipinski definition) is 2. The van der Waals surface area contributed by atoms with Crippen molar-refractivity contribution in [3.63, 3.8) is 0 Å². The lowest BCUT2D eigenvalue weighted by Gasteiger charge is -2.51. The maximum atomic E-state index is 12.8. The highest BCUT2D eigenvalue weighted by Crippen LogP contribution is 2.40. The van der Waals surface area contributed by atoms with Crippen LogP contribution >= 0.6 is 0 Å². The van der Waals surface area contributed by atoms with Crippen molar-refractivity contribution < 1.29 is 23.4 Å². The highest BCUT2D eigenvalue weighted by atomic mass is 32.2. The van der Waals surface area contributed by atoms with Crippen LogP contribution in [0, 0.1) is 6.92 Å². The van der Waals surface area contributed by atoms with Crippen molar-refractivity contribution in [3.8, 4) is 0 Å². The summed E-state index contributed by atoms with van der Waals surface area (Å²) in [6, 6.07) is 6.80. The lowest BCUT2D eigenvalue weighted by atomic mass is 9.75. The van der Waals surface area contributed by atoms with Crippen LogP contribution in [-0.2, 0) is 14.8 Å². The molecular formula is C17H25NO5S. The maximum absolute atomic E-state index is 12.8. The smallest absolute Gasteiger partial charge is 0.243 e. The van der Waals surface area contributed by atoms with Crippen molar-refractivity contribution in [2.75, 3.05) is 19.7 Å². The summed E-state index contributed by atoms with van der Waals surface area (Å²) < 4.78 is 32.7. The third-order valence-corrected chi connectivity index (χ3v) is 7.23. The molecule has 1 spiro atoms. The van der Waals surface area contributed by atoms with E-state index >= 15 is 0 Å². The predicted octanol–water partition coefficient (Wildman–Crippen LogP) is 1.05. The Bertz CT molecular complexity index is 690. The van der Waals surface area contributed by atoms with Gasteiger partial charge in [-0.15, -0.1) is 0 Å². The van der Waals surface area contributed by atoms with Crippen LogP contribution in [0.3, 0.4) is 0 Å². The van der Waals surface area contributed by atoms with Gasteiger partial charge in [-0.2, -0.15) is 4.31 Å². The van der Waals surface area contributed by atoms with Crippen molar-refractivity contribution in [3.05, 3.63) is 29.8 Å². The first-order valence-corrected chi connectivity index (χ1v) is 9.73. The van der Waals surface area contributed by atoms with Gasteiger partial charge in [-0.1, -0.05) is 17.7 Å². The zero-order valence-corrected chi connectivity index (χ0v) is 14.9. The highest BCUT2D eigenvalue weighted by molar-refractivity contribution is 7.89. The van der Waals surface area contributed by atoms with Gasteiger partial charge in [0.15, 0.2) is 0 Å². The number of sulfonamides is 1. The SMILES string of the molecule is Cc1ccc(S(=O)(=O)N2CCC3(CC2)OCC[C@@](C)(O)C3O)cc1. The zero-order chi connectivity index (χ0) is 17.6. The van der Waals surface area contributed by atoms with Crippen LogP contribution < -0.4 is 0 Å². The van der Waals surface area contributed by atoms with Gasteiger partial charge in [-0.3, -0.25) is 0 Å². The minimum atomic E-state index is -3.55. The number of rotatable bonds is 2. The number of ether oxygens (including phenoxy) is 1. The summed E-state index contributed by atoms with van der Waals surface area (Å²) in [4.78, 5) is 0.279. The van der Waals surface area contributed by atoms with Gasteiger partial charge in [0.25, 0.3) is 0 Å². The Labute approximate surface area is 143 Å². The summed E-state index contributed by atoms with van der Waals surface area (Å²) in [7, 11) is -3.55. The number of piperidine rings is 1. The summed E-state index contributed by atoms with van der Waals surface area (Å²) >= 11 is 0. The summed E-state index contributed by atoms with van der Waals surface area (Å²) in [6.45, 7) is 4.42. The number of aliphatic hydroxyl groups excluding tert-OH is 1. The molecule has 2 fully saturated rings. The molecule has 0 radical (unpaired) electrons. The van der Waals surface area contributed by atoms with Crippen LogP contribution in [0.2, 0.25) is 0 Å². The molecule has 2 aliphatic heterocycles. The van der Waals surface area contributed by atoms with Gasteiger partial charge in [0.1, 0.15) is 6.10 Å². The van der Waals surface area contributed by atoms with Gasteiger partial charge in [0, 0.05) is 19.5 Å². The van der Waals surface area contributed by atoms with Crippen LogP contribution in [0.1, 0.15) is 31.7 Å². The van der Waals surface area contributed by atoms with E-state index in [1.807, 2.05) is 6.92 Å². The summed E-state index contributed by atoms with van der Waals surface area (Å²) in [5.74, 6) is 0. The van der Waals surface area contributed by atoms with Gasteiger partial charge in [-0.25, -0.2) is 8.42 Å². The highest BCUT2D eigenvalue weighted by Gasteiger charge is 2.53. The fourth-order valence-electron chi connectivity index (χ4n) is 3.63. The molecule has 1 unspecified atom stereocenters. The van der Waals surface area contributed by atoms with Gasteiger partial charge >= 0.3 is 0 Å². The van der Waals surface area contributed by atoms with E-state index in [2.05, 4.69) is 0 Å². The molecule has 134 valence electrons. The second-order valence-corrected chi connectivity index (χ2v) is 9.08. The normalized spacial score (nSPS) is 31.2. The zero-order valence-electron chi connectivity index (χ0n) is 14.1. The van der Waals surface area contributed by atoms with Crippen LogP contribution in [0.4, 0.5) is 0 Å². The summed E-state index contributed by atoms with van der Waals surface area (Å²) in [5.41, 5.74) is -1.05. The minimum Gasteiger partial charge on any atom is -0.387 e. The van der Waals surface area contributed by atoms with Crippen LogP contribution in [0.25, 0.3) is 0 Å². The van der Waals surface area contributed by atoms with E-state index in [0.29, 0.717) is 25.9 Å². The molecule has 2 N–H and O–H groups in total. The topological polar surface area (TPSA) is 87.1 Å². The molecule has 24 heavy (non-hydrogen) atoms. The molecule has 1 aromatic rings. The molecule has 0 amide bonds. The van der Waals surface area contributed by atoms with Gasteiger partial charge in [0.2, 0.25) is 10.0 Å². The summed E-state index contributed by atoms with van der Waals surface area (Å²) in [5, 5.41) is 20.8. The van der Waals surface area contributed by atoms with Gasteiger partial charge < -0.3 is 14.9 Å². The molecule has 0 bridgehead atoms. The average molecular weight is 355 g/mol.